The Morgan fingerprint density at radius 1 is 1.47 bits per heavy atom. The minimum absolute atomic E-state index is 0.0375. The van der Waals surface area contributed by atoms with E-state index in [4.69, 9.17) is 4.74 Å². The average Bonchev–Trinajstić information content (AvgIpc) is 2.75. The third-order valence-corrected chi connectivity index (χ3v) is 2.90. The summed E-state index contributed by atoms with van der Waals surface area (Å²) in [5.41, 5.74) is 1.16. The Bertz CT molecular complexity index is 388. The van der Waals surface area contributed by atoms with Crippen molar-refractivity contribution in [2.45, 2.75) is 19.4 Å². The van der Waals surface area contributed by atoms with Crippen LogP contribution in [0.2, 0.25) is 0 Å². The van der Waals surface area contributed by atoms with Crippen LogP contribution >= 0.6 is 0 Å². The van der Waals surface area contributed by atoms with E-state index in [1.54, 1.807) is 4.90 Å². The van der Waals surface area contributed by atoms with Crippen molar-refractivity contribution in [1.82, 2.24) is 4.90 Å². The first-order valence-corrected chi connectivity index (χ1v) is 5.80. The van der Waals surface area contributed by atoms with Crippen molar-refractivity contribution in [2.24, 2.45) is 0 Å². The van der Waals surface area contributed by atoms with Gasteiger partial charge in [-0.05, 0) is 25.5 Å². The van der Waals surface area contributed by atoms with Gasteiger partial charge in [0.1, 0.15) is 5.75 Å². The number of aliphatic hydroxyl groups is 1. The van der Waals surface area contributed by atoms with E-state index < -0.39 is 0 Å². The summed E-state index contributed by atoms with van der Waals surface area (Å²) in [5, 5.41) is 9.33. The summed E-state index contributed by atoms with van der Waals surface area (Å²) in [5.74, 6) is 0.630. The largest absolute Gasteiger partial charge is 0.484 e. The summed E-state index contributed by atoms with van der Waals surface area (Å²) in [6.45, 7) is 3.09. The molecule has 0 aromatic heterocycles. The first kappa shape index (κ1) is 11.9. The van der Waals surface area contributed by atoms with Gasteiger partial charge in [-0.2, -0.15) is 0 Å². The van der Waals surface area contributed by atoms with Gasteiger partial charge in [-0.3, -0.25) is 4.79 Å². The molecule has 1 amide bonds. The lowest BCUT2D eigenvalue weighted by Gasteiger charge is -2.15. The van der Waals surface area contributed by atoms with Crippen LogP contribution in [0.3, 0.4) is 0 Å². The third kappa shape index (κ3) is 3.20. The molecule has 1 aliphatic rings. The topological polar surface area (TPSA) is 49.8 Å². The highest BCUT2D eigenvalue weighted by atomic mass is 16.5. The fourth-order valence-electron chi connectivity index (χ4n) is 1.84. The maximum absolute atomic E-state index is 11.7. The van der Waals surface area contributed by atoms with Crippen LogP contribution in [0, 0.1) is 6.92 Å². The summed E-state index contributed by atoms with van der Waals surface area (Å²) in [6.07, 6.45) is 0.286. The number of hydrogen-bond acceptors (Lipinski definition) is 3. The average molecular weight is 235 g/mol. The van der Waals surface area contributed by atoms with E-state index >= 15 is 0 Å². The normalized spacial score (nSPS) is 19.4. The van der Waals surface area contributed by atoms with Crippen molar-refractivity contribution >= 4 is 5.91 Å². The summed E-state index contributed by atoms with van der Waals surface area (Å²) in [7, 11) is 0. The van der Waals surface area contributed by atoms with Crippen molar-refractivity contribution in [3.63, 3.8) is 0 Å². The molecule has 1 heterocycles. The highest BCUT2D eigenvalue weighted by molar-refractivity contribution is 5.78. The predicted octanol–water partition coefficient (Wildman–Crippen LogP) is 0.967. The van der Waals surface area contributed by atoms with E-state index in [0.29, 0.717) is 25.3 Å². The zero-order chi connectivity index (χ0) is 12.3. The lowest BCUT2D eigenvalue weighted by atomic mass is 10.2. The molecule has 0 spiro atoms. The van der Waals surface area contributed by atoms with E-state index in [9.17, 15) is 9.90 Å². The number of aryl methyl sites for hydroxylation is 1. The van der Waals surface area contributed by atoms with Crippen LogP contribution in [0.25, 0.3) is 0 Å². The van der Waals surface area contributed by atoms with Crippen LogP contribution in [0.1, 0.15) is 12.0 Å². The maximum Gasteiger partial charge on any atom is 0.260 e. The van der Waals surface area contributed by atoms with Gasteiger partial charge in [0, 0.05) is 13.1 Å². The molecule has 0 aliphatic carbocycles. The van der Waals surface area contributed by atoms with Gasteiger partial charge in [0.05, 0.1) is 6.10 Å². The molecule has 1 aromatic rings. The molecule has 4 heteroatoms. The van der Waals surface area contributed by atoms with E-state index in [1.165, 1.54) is 0 Å². The molecule has 2 rings (SSSR count). The Morgan fingerprint density at radius 3 is 2.76 bits per heavy atom. The van der Waals surface area contributed by atoms with Crippen LogP contribution in [0.4, 0.5) is 0 Å². The summed E-state index contributed by atoms with van der Waals surface area (Å²) in [4.78, 5) is 13.4. The molecule has 1 aliphatic heterocycles. The fourth-order valence-corrected chi connectivity index (χ4v) is 1.84. The number of carbonyl (C=O) groups excluding carboxylic acids is 1. The van der Waals surface area contributed by atoms with Crippen molar-refractivity contribution in [2.75, 3.05) is 19.7 Å². The zero-order valence-corrected chi connectivity index (χ0v) is 9.93. The number of rotatable bonds is 3. The second-order valence-corrected chi connectivity index (χ2v) is 4.38. The maximum atomic E-state index is 11.7. The van der Waals surface area contributed by atoms with Crippen LogP contribution in [0.15, 0.2) is 24.3 Å². The van der Waals surface area contributed by atoms with Gasteiger partial charge in [-0.15, -0.1) is 0 Å². The molecular formula is C13H17NO3. The van der Waals surface area contributed by atoms with Gasteiger partial charge in [-0.1, -0.05) is 17.7 Å². The third-order valence-electron chi connectivity index (χ3n) is 2.90. The lowest BCUT2D eigenvalue weighted by Crippen LogP contribution is -2.33. The molecule has 1 aromatic carbocycles. The molecule has 0 bridgehead atoms. The molecule has 1 N–H and O–H groups in total. The van der Waals surface area contributed by atoms with Crippen LogP contribution in [-0.2, 0) is 4.79 Å². The Morgan fingerprint density at radius 2 is 2.18 bits per heavy atom. The van der Waals surface area contributed by atoms with Crippen molar-refractivity contribution in [1.29, 1.82) is 0 Å². The number of ether oxygens (including phenoxy) is 1. The number of aliphatic hydroxyl groups excluding tert-OH is 1. The number of amides is 1. The smallest absolute Gasteiger partial charge is 0.260 e. The molecule has 1 saturated heterocycles. The Balaban J connectivity index is 1.82. The molecule has 0 radical (unpaired) electrons. The zero-order valence-electron chi connectivity index (χ0n) is 9.93. The number of β-amino-alcohol motifs (C(OH)–C–C–N with tert-alkyl or cyclic N) is 1. The highest BCUT2D eigenvalue weighted by Crippen LogP contribution is 2.13. The van der Waals surface area contributed by atoms with Gasteiger partial charge in [0.25, 0.3) is 5.91 Å². The number of nitrogens with zero attached hydrogens (tertiary/aromatic N) is 1. The van der Waals surface area contributed by atoms with Gasteiger partial charge >= 0.3 is 0 Å². The number of carbonyl (C=O) groups is 1. The van der Waals surface area contributed by atoms with Crippen LogP contribution in [-0.4, -0.2) is 41.7 Å². The van der Waals surface area contributed by atoms with E-state index in [0.717, 1.165) is 5.56 Å². The van der Waals surface area contributed by atoms with Crippen molar-refractivity contribution < 1.29 is 14.6 Å². The fraction of sp³-hybridized carbons (Fsp3) is 0.462. The van der Waals surface area contributed by atoms with E-state index in [-0.39, 0.29) is 18.6 Å². The standard InChI is InChI=1S/C13H17NO3/c1-10-2-4-12(5-3-10)17-9-13(16)14-7-6-11(15)8-14/h2-5,11,15H,6-9H2,1H3. The molecule has 17 heavy (non-hydrogen) atoms. The first-order valence-electron chi connectivity index (χ1n) is 5.80. The second-order valence-electron chi connectivity index (χ2n) is 4.38. The summed E-state index contributed by atoms with van der Waals surface area (Å²) < 4.78 is 5.40. The van der Waals surface area contributed by atoms with Crippen molar-refractivity contribution in [3.8, 4) is 5.75 Å². The minimum atomic E-state index is -0.377. The van der Waals surface area contributed by atoms with Gasteiger partial charge in [0.15, 0.2) is 6.61 Å². The molecule has 0 saturated carbocycles. The molecule has 92 valence electrons. The Kier molecular flexibility index (Phi) is 3.64. The summed E-state index contributed by atoms with van der Waals surface area (Å²) >= 11 is 0. The highest BCUT2D eigenvalue weighted by Gasteiger charge is 2.24. The molecule has 1 fully saturated rings. The number of likely N-dealkylation sites (tertiary alicyclic amines) is 1. The SMILES string of the molecule is Cc1ccc(OCC(=O)N2CCC(O)C2)cc1. The van der Waals surface area contributed by atoms with E-state index in [1.807, 2.05) is 31.2 Å². The van der Waals surface area contributed by atoms with Gasteiger partial charge in [0.2, 0.25) is 0 Å². The Labute approximate surface area is 101 Å². The van der Waals surface area contributed by atoms with Crippen LogP contribution in [0.5, 0.6) is 5.75 Å². The predicted molar refractivity (Wildman–Crippen MR) is 63.9 cm³/mol. The second kappa shape index (κ2) is 5.19. The van der Waals surface area contributed by atoms with E-state index in [2.05, 4.69) is 0 Å². The molecule has 4 nitrogen and oxygen atoms in total. The van der Waals surface area contributed by atoms with Crippen LogP contribution < -0.4 is 4.74 Å². The quantitative estimate of drug-likeness (QED) is 0.849. The van der Waals surface area contributed by atoms with Gasteiger partial charge < -0.3 is 14.7 Å². The van der Waals surface area contributed by atoms with Gasteiger partial charge in [-0.25, -0.2) is 0 Å². The van der Waals surface area contributed by atoms with Crippen molar-refractivity contribution in [3.05, 3.63) is 29.8 Å². The first-order chi connectivity index (χ1) is 8.15. The number of hydrogen-bond donors (Lipinski definition) is 1. The lowest BCUT2D eigenvalue weighted by molar-refractivity contribution is -0.132. The summed E-state index contributed by atoms with van der Waals surface area (Å²) in [6, 6.07) is 7.59. The minimum Gasteiger partial charge on any atom is -0.484 e. The number of benzene rings is 1. The monoisotopic (exact) mass is 235 g/mol. The molecular weight excluding hydrogens is 218 g/mol. The molecule has 1 unspecified atom stereocenters. The Hall–Kier alpha value is -1.55. The molecule has 1 atom stereocenters.